The van der Waals surface area contributed by atoms with Crippen molar-refractivity contribution in [3.8, 4) is 5.75 Å². The van der Waals surface area contributed by atoms with Crippen LogP contribution in [0.1, 0.15) is 24.5 Å². The van der Waals surface area contributed by atoms with Crippen LogP contribution in [0.4, 0.5) is 0 Å². The van der Waals surface area contributed by atoms with Crippen LogP contribution in [0.15, 0.2) is 18.2 Å². The Kier molecular flexibility index (Phi) is 4.26. The SMILES string of the molecule is COc1cc(C(O)C2CCOCC2)ccc1Cl. The predicted molar refractivity (Wildman–Crippen MR) is 66.5 cm³/mol. The van der Waals surface area contributed by atoms with Gasteiger partial charge < -0.3 is 14.6 Å². The summed E-state index contributed by atoms with van der Waals surface area (Å²) in [5.41, 5.74) is 0.859. The molecule has 1 aromatic rings. The van der Waals surface area contributed by atoms with E-state index in [1.165, 1.54) is 0 Å². The Morgan fingerprint density at radius 3 is 2.76 bits per heavy atom. The number of benzene rings is 1. The average Bonchev–Trinajstić information content (AvgIpc) is 2.39. The second kappa shape index (κ2) is 5.71. The molecule has 17 heavy (non-hydrogen) atoms. The van der Waals surface area contributed by atoms with Gasteiger partial charge in [0, 0.05) is 13.2 Å². The molecule has 1 aliphatic rings. The first-order valence-electron chi connectivity index (χ1n) is 5.81. The number of halogens is 1. The third-order valence-corrected chi connectivity index (χ3v) is 3.54. The van der Waals surface area contributed by atoms with Crippen LogP contribution in [-0.4, -0.2) is 25.4 Å². The number of rotatable bonds is 3. The van der Waals surface area contributed by atoms with Crippen molar-refractivity contribution in [3.63, 3.8) is 0 Å². The summed E-state index contributed by atoms with van der Waals surface area (Å²) < 4.78 is 10.4. The van der Waals surface area contributed by atoms with E-state index in [0.29, 0.717) is 10.8 Å². The lowest BCUT2D eigenvalue weighted by Gasteiger charge is -2.27. The maximum absolute atomic E-state index is 10.3. The number of hydrogen-bond donors (Lipinski definition) is 1. The highest BCUT2D eigenvalue weighted by Crippen LogP contribution is 2.34. The van der Waals surface area contributed by atoms with E-state index in [2.05, 4.69) is 0 Å². The van der Waals surface area contributed by atoms with Crippen molar-refractivity contribution in [2.24, 2.45) is 5.92 Å². The molecule has 0 bridgehead atoms. The van der Waals surface area contributed by atoms with E-state index >= 15 is 0 Å². The minimum absolute atomic E-state index is 0.259. The summed E-state index contributed by atoms with van der Waals surface area (Å²) in [6.45, 7) is 1.46. The fourth-order valence-corrected chi connectivity index (χ4v) is 2.36. The summed E-state index contributed by atoms with van der Waals surface area (Å²) in [6, 6.07) is 5.42. The van der Waals surface area contributed by atoms with Gasteiger partial charge in [-0.1, -0.05) is 17.7 Å². The standard InChI is InChI=1S/C13H17ClO3/c1-16-12-8-10(2-3-11(12)14)13(15)9-4-6-17-7-5-9/h2-3,8-9,13,15H,4-7H2,1H3. The van der Waals surface area contributed by atoms with Crippen molar-refractivity contribution >= 4 is 11.6 Å². The molecule has 1 N–H and O–H groups in total. The maximum Gasteiger partial charge on any atom is 0.137 e. The summed E-state index contributed by atoms with van der Waals surface area (Å²) in [5, 5.41) is 10.9. The molecule has 0 amide bonds. The van der Waals surface area contributed by atoms with Crippen LogP contribution in [-0.2, 0) is 4.74 Å². The van der Waals surface area contributed by atoms with Crippen LogP contribution in [0, 0.1) is 5.92 Å². The molecular formula is C13H17ClO3. The topological polar surface area (TPSA) is 38.7 Å². The third kappa shape index (κ3) is 2.92. The second-order valence-electron chi connectivity index (χ2n) is 4.29. The first-order valence-corrected chi connectivity index (χ1v) is 6.19. The number of methoxy groups -OCH3 is 1. The lowest BCUT2D eigenvalue weighted by molar-refractivity contribution is 0.00712. The molecule has 0 spiro atoms. The molecule has 1 fully saturated rings. The summed E-state index contributed by atoms with van der Waals surface area (Å²) in [5.74, 6) is 0.866. The lowest BCUT2D eigenvalue weighted by Crippen LogP contribution is -2.21. The average molecular weight is 257 g/mol. The first-order chi connectivity index (χ1) is 8.22. The van der Waals surface area contributed by atoms with E-state index < -0.39 is 6.10 Å². The Bertz CT molecular complexity index is 375. The molecule has 0 aromatic heterocycles. The molecule has 2 rings (SSSR count). The molecule has 0 radical (unpaired) electrons. The minimum atomic E-state index is -0.468. The number of aliphatic hydroxyl groups excluding tert-OH is 1. The molecule has 1 saturated heterocycles. The molecule has 1 unspecified atom stereocenters. The highest BCUT2D eigenvalue weighted by molar-refractivity contribution is 6.32. The zero-order valence-electron chi connectivity index (χ0n) is 9.86. The second-order valence-corrected chi connectivity index (χ2v) is 4.70. The van der Waals surface area contributed by atoms with Gasteiger partial charge in [0.05, 0.1) is 18.2 Å². The van der Waals surface area contributed by atoms with E-state index in [0.717, 1.165) is 31.6 Å². The van der Waals surface area contributed by atoms with Gasteiger partial charge in [0.2, 0.25) is 0 Å². The summed E-state index contributed by atoms with van der Waals surface area (Å²) in [7, 11) is 1.58. The van der Waals surface area contributed by atoms with Crippen LogP contribution in [0.2, 0.25) is 5.02 Å². The van der Waals surface area contributed by atoms with Crippen molar-refractivity contribution in [2.45, 2.75) is 18.9 Å². The molecule has 94 valence electrons. The van der Waals surface area contributed by atoms with Gasteiger partial charge in [-0.3, -0.25) is 0 Å². The molecule has 1 aliphatic heterocycles. The Labute approximate surface area is 106 Å². The Morgan fingerprint density at radius 2 is 2.12 bits per heavy atom. The van der Waals surface area contributed by atoms with Crippen molar-refractivity contribution in [2.75, 3.05) is 20.3 Å². The van der Waals surface area contributed by atoms with Gasteiger partial charge in [-0.05, 0) is 36.5 Å². The zero-order chi connectivity index (χ0) is 12.3. The van der Waals surface area contributed by atoms with E-state index in [-0.39, 0.29) is 5.92 Å². The maximum atomic E-state index is 10.3. The van der Waals surface area contributed by atoms with Crippen LogP contribution in [0.25, 0.3) is 0 Å². The largest absolute Gasteiger partial charge is 0.495 e. The van der Waals surface area contributed by atoms with Crippen LogP contribution >= 0.6 is 11.6 Å². The van der Waals surface area contributed by atoms with Crippen LogP contribution in [0.3, 0.4) is 0 Å². The normalized spacial score (nSPS) is 19.0. The third-order valence-electron chi connectivity index (χ3n) is 3.23. The molecule has 1 aromatic carbocycles. The molecule has 3 nitrogen and oxygen atoms in total. The molecule has 0 aliphatic carbocycles. The van der Waals surface area contributed by atoms with Gasteiger partial charge in [0.25, 0.3) is 0 Å². The number of hydrogen-bond acceptors (Lipinski definition) is 3. The van der Waals surface area contributed by atoms with Crippen LogP contribution < -0.4 is 4.74 Å². The van der Waals surface area contributed by atoms with Gasteiger partial charge in [-0.2, -0.15) is 0 Å². The zero-order valence-corrected chi connectivity index (χ0v) is 10.6. The van der Waals surface area contributed by atoms with Crippen LogP contribution in [0.5, 0.6) is 5.75 Å². The highest BCUT2D eigenvalue weighted by atomic mass is 35.5. The summed E-state index contributed by atoms with van der Waals surface area (Å²) in [6.07, 6.45) is 1.32. The van der Waals surface area contributed by atoms with E-state index in [9.17, 15) is 5.11 Å². The summed E-state index contributed by atoms with van der Waals surface area (Å²) in [4.78, 5) is 0. The fourth-order valence-electron chi connectivity index (χ4n) is 2.16. The molecule has 1 atom stereocenters. The number of aliphatic hydroxyl groups is 1. The Balaban J connectivity index is 2.15. The fraction of sp³-hybridized carbons (Fsp3) is 0.538. The van der Waals surface area contributed by atoms with Crippen molar-refractivity contribution in [3.05, 3.63) is 28.8 Å². The minimum Gasteiger partial charge on any atom is -0.495 e. The highest BCUT2D eigenvalue weighted by Gasteiger charge is 2.24. The Morgan fingerprint density at radius 1 is 1.41 bits per heavy atom. The smallest absolute Gasteiger partial charge is 0.137 e. The van der Waals surface area contributed by atoms with Gasteiger partial charge in [-0.25, -0.2) is 0 Å². The first kappa shape index (κ1) is 12.7. The molecule has 1 heterocycles. The lowest BCUT2D eigenvalue weighted by atomic mass is 9.89. The van der Waals surface area contributed by atoms with Gasteiger partial charge in [0.15, 0.2) is 0 Å². The van der Waals surface area contributed by atoms with Gasteiger partial charge in [-0.15, -0.1) is 0 Å². The molecular weight excluding hydrogens is 240 g/mol. The monoisotopic (exact) mass is 256 g/mol. The van der Waals surface area contributed by atoms with Crippen molar-refractivity contribution in [1.29, 1.82) is 0 Å². The predicted octanol–water partition coefficient (Wildman–Crippen LogP) is 2.81. The van der Waals surface area contributed by atoms with E-state index in [1.54, 1.807) is 13.2 Å². The van der Waals surface area contributed by atoms with E-state index in [1.807, 2.05) is 12.1 Å². The quantitative estimate of drug-likeness (QED) is 0.904. The van der Waals surface area contributed by atoms with E-state index in [4.69, 9.17) is 21.1 Å². The van der Waals surface area contributed by atoms with Crippen molar-refractivity contribution < 1.29 is 14.6 Å². The summed E-state index contributed by atoms with van der Waals surface area (Å²) >= 11 is 5.96. The Hall–Kier alpha value is -0.770. The molecule has 4 heteroatoms. The molecule has 0 saturated carbocycles. The van der Waals surface area contributed by atoms with Gasteiger partial charge >= 0.3 is 0 Å². The van der Waals surface area contributed by atoms with Gasteiger partial charge in [0.1, 0.15) is 5.75 Å². The number of ether oxygens (including phenoxy) is 2. The van der Waals surface area contributed by atoms with Crippen molar-refractivity contribution in [1.82, 2.24) is 0 Å².